The molecule has 0 saturated carbocycles. The fourth-order valence-corrected chi connectivity index (χ4v) is 2.74. The van der Waals surface area contributed by atoms with E-state index in [1.807, 2.05) is 60.7 Å². The van der Waals surface area contributed by atoms with Crippen molar-refractivity contribution < 1.29 is 8.78 Å². The van der Waals surface area contributed by atoms with Crippen molar-refractivity contribution in [2.75, 3.05) is 6.54 Å². The zero-order valence-electron chi connectivity index (χ0n) is 10.7. The molecular weight excluding hydrogens is 276 g/mol. The molecule has 0 radical (unpaired) electrons. The molecule has 20 heavy (non-hydrogen) atoms. The highest BCUT2D eigenvalue weighted by atomic mass is 32.1. The van der Waals surface area contributed by atoms with Crippen LogP contribution < -0.4 is 0 Å². The van der Waals surface area contributed by atoms with Gasteiger partial charge < -0.3 is 4.90 Å². The number of hydrogen-bond acceptors (Lipinski definition) is 1. The third-order valence-corrected chi connectivity index (χ3v) is 4.02. The molecule has 0 bridgehead atoms. The molecule has 0 aromatic heterocycles. The summed E-state index contributed by atoms with van der Waals surface area (Å²) in [5.41, 5.74) is 1.94. The molecule has 3 rings (SSSR count). The van der Waals surface area contributed by atoms with Crippen molar-refractivity contribution in [1.82, 2.24) is 4.90 Å². The van der Waals surface area contributed by atoms with Gasteiger partial charge in [0.2, 0.25) is 0 Å². The Bertz CT molecular complexity index is 573. The lowest BCUT2D eigenvalue weighted by Gasteiger charge is -2.46. The van der Waals surface area contributed by atoms with Gasteiger partial charge in [-0.3, -0.25) is 0 Å². The average molecular weight is 289 g/mol. The van der Waals surface area contributed by atoms with Crippen molar-refractivity contribution in [3.63, 3.8) is 0 Å². The molecule has 2 aromatic carbocycles. The summed E-state index contributed by atoms with van der Waals surface area (Å²) in [5, 5.41) is 0. The van der Waals surface area contributed by atoms with Gasteiger partial charge in [0.05, 0.1) is 12.6 Å². The standard InChI is InChI=1S/C16H13F2NS/c17-16(18)11-19(15(16)20)14(12-7-3-1-4-8-12)13-9-5-2-6-10-13/h1-10,14H,11H2. The lowest BCUT2D eigenvalue weighted by atomic mass is 9.93. The highest BCUT2D eigenvalue weighted by Crippen LogP contribution is 2.40. The van der Waals surface area contributed by atoms with E-state index in [0.29, 0.717) is 0 Å². The number of thiocarbonyl (C=S) groups is 1. The van der Waals surface area contributed by atoms with Crippen LogP contribution in [-0.2, 0) is 0 Å². The maximum Gasteiger partial charge on any atom is 0.314 e. The monoisotopic (exact) mass is 289 g/mol. The molecule has 0 unspecified atom stereocenters. The van der Waals surface area contributed by atoms with E-state index in [-0.39, 0.29) is 17.6 Å². The minimum atomic E-state index is -2.85. The minimum Gasteiger partial charge on any atom is -0.343 e. The molecule has 1 nitrogen and oxygen atoms in total. The van der Waals surface area contributed by atoms with Crippen molar-refractivity contribution in [3.05, 3.63) is 71.8 Å². The molecule has 2 aromatic rings. The van der Waals surface area contributed by atoms with Crippen LogP contribution in [0.1, 0.15) is 17.2 Å². The summed E-state index contributed by atoms with van der Waals surface area (Å²) in [5.74, 6) is -2.85. The molecule has 1 fully saturated rings. The summed E-state index contributed by atoms with van der Waals surface area (Å²) in [7, 11) is 0. The largest absolute Gasteiger partial charge is 0.343 e. The Morgan fingerprint density at radius 2 is 1.35 bits per heavy atom. The van der Waals surface area contributed by atoms with Crippen molar-refractivity contribution in [2.24, 2.45) is 0 Å². The fraction of sp³-hybridized carbons (Fsp3) is 0.188. The van der Waals surface area contributed by atoms with E-state index < -0.39 is 5.92 Å². The number of halogens is 2. The Labute approximate surface area is 121 Å². The Morgan fingerprint density at radius 1 is 0.900 bits per heavy atom. The molecule has 1 aliphatic heterocycles. The molecule has 0 atom stereocenters. The number of likely N-dealkylation sites (tertiary alicyclic amines) is 1. The minimum absolute atomic E-state index is 0.246. The molecule has 1 aliphatic rings. The zero-order valence-corrected chi connectivity index (χ0v) is 11.5. The molecule has 4 heteroatoms. The number of rotatable bonds is 3. The van der Waals surface area contributed by atoms with Gasteiger partial charge in [-0.2, -0.15) is 8.78 Å². The Balaban J connectivity index is 2.00. The predicted molar refractivity (Wildman–Crippen MR) is 79.0 cm³/mol. The van der Waals surface area contributed by atoms with E-state index >= 15 is 0 Å². The van der Waals surface area contributed by atoms with E-state index in [0.717, 1.165) is 11.1 Å². The van der Waals surface area contributed by atoms with Gasteiger partial charge in [-0.25, -0.2) is 0 Å². The maximum atomic E-state index is 13.4. The van der Waals surface area contributed by atoms with E-state index in [4.69, 9.17) is 12.2 Å². The first kappa shape index (κ1) is 13.2. The highest BCUT2D eigenvalue weighted by molar-refractivity contribution is 7.80. The number of hydrogen-bond donors (Lipinski definition) is 0. The number of alkyl halides is 2. The molecule has 0 spiro atoms. The van der Waals surface area contributed by atoms with Crippen molar-refractivity contribution in [1.29, 1.82) is 0 Å². The molecular formula is C16H13F2NS. The zero-order chi connectivity index (χ0) is 14.2. The third kappa shape index (κ3) is 2.20. The molecule has 0 amide bonds. The predicted octanol–water partition coefficient (Wildman–Crippen LogP) is 4.05. The van der Waals surface area contributed by atoms with Gasteiger partial charge >= 0.3 is 5.92 Å². The molecule has 1 heterocycles. The highest BCUT2D eigenvalue weighted by Gasteiger charge is 2.52. The van der Waals surface area contributed by atoms with Crippen LogP contribution in [0.4, 0.5) is 8.78 Å². The number of nitrogens with zero attached hydrogens (tertiary/aromatic N) is 1. The Morgan fingerprint density at radius 3 is 1.70 bits per heavy atom. The summed E-state index contributed by atoms with van der Waals surface area (Å²) < 4.78 is 26.8. The van der Waals surface area contributed by atoms with Crippen molar-refractivity contribution in [2.45, 2.75) is 12.0 Å². The van der Waals surface area contributed by atoms with Gasteiger partial charge in [0.1, 0.15) is 0 Å². The third-order valence-electron chi connectivity index (χ3n) is 3.48. The average Bonchev–Trinajstić information content (AvgIpc) is 2.48. The lowest BCUT2D eigenvalue weighted by molar-refractivity contribution is -0.0149. The van der Waals surface area contributed by atoms with Crippen LogP contribution in [0.3, 0.4) is 0 Å². The summed E-state index contributed by atoms with van der Waals surface area (Å²) in [4.78, 5) is 1.33. The van der Waals surface area contributed by atoms with Crippen LogP contribution in [0.2, 0.25) is 0 Å². The Hall–Kier alpha value is -1.81. The van der Waals surface area contributed by atoms with Crippen LogP contribution in [0.25, 0.3) is 0 Å². The van der Waals surface area contributed by atoms with Gasteiger partial charge in [0.25, 0.3) is 0 Å². The molecule has 102 valence electrons. The van der Waals surface area contributed by atoms with Gasteiger partial charge in [-0.05, 0) is 11.1 Å². The normalized spacial score (nSPS) is 17.1. The Kier molecular flexibility index (Phi) is 3.26. The van der Waals surface area contributed by atoms with E-state index in [2.05, 4.69) is 0 Å². The van der Waals surface area contributed by atoms with Crippen LogP contribution in [-0.4, -0.2) is 22.4 Å². The SMILES string of the molecule is FC1(F)CN(C(c2ccccc2)c2ccccc2)C1=S. The van der Waals surface area contributed by atoms with Crippen LogP contribution >= 0.6 is 12.2 Å². The van der Waals surface area contributed by atoms with E-state index in [9.17, 15) is 8.78 Å². The molecule has 1 saturated heterocycles. The van der Waals surface area contributed by atoms with Crippen LogP contribution in [0.15, 0.2) is 60.7 Å². The van der Waals surface area contributed by atoms with Gasteiger partial charge in [-0.1, -0.05) is 72.9 Å². The molecule has 0 aliphatic carbocycles. The van der Waals surface area contributed by atoms with Gasteiger partial charge in [0, 0.05) is 0 Å². The first-order valence-electron chi connectivity index (χ1n) is 6.38. The summed E-state index contributed by atoms with van der Waals surface area (Å²) in [6, 6.07) is 19.0. The van der Waals surface area contributed by atoms with Gasteiger partial charge in [-0.15, -0.1) is 0 Å². The van der Waals surface area contributed by atoms with E-state index in [1.54, 1.807) is 4.90 Å². The van der Waals surface area contributed by atoms with Crippen molar-refractivity contribution in [3.8, 4) is 0 Å². The second kappa shape index (κ2) is 4.94. The second-order valence-corrected chi connectivity index (χ2v) is 5.25. The van der Waals surface area contributed by atoms with Crippen LogP contribution in [0.5, 0.6) is 0 Å². The summed E-state index contributed by atoms with van der Waals surface area (Å²) in [6.07, 6.45) is 0. The quantitative estimate of drug-likeness (QED) is 0.784. The maximum absolute atomic E-state index is 13.4. The number of benzene rings is 2. The topological polar surface area (TPSA) is 3.24 Å². The first-order valence-corrected chi connectivity index (χ1v) is 6.79. The van der Waals surface area contributed by atoms with Crippen LogP contribution in [0, 0.1) is 0 Å². The second-order valence-electron chi connectivity index (χ2n) is 4.86. The molecule has 0 N–H and O–H groups in total. The van der Waals surface area contributed by atoms with Gasteiger partial charge in [0.15, 0.2) is 4.99 Å². The van der Waals surface area contributed by atoms with E-state index in [1.165, 1.54) is 0 Å². The lowest BCUT2D eigenvalue weighted by Crippen LogP contribution is -2.61. The smallest absolute Gasteiger partial charge is 0.314 e. The summed E-state index contributed by atoms with van der Waals surface area (Å²) in [6.45, 7) is -0.319. The fourth-order valence-electron chi connectivity index (χ4n) is 2.50. The first-order chi connectivity index (χ1) is 9.59. The summed E-state index contributed by atoms with van der Waals surface area (Å²) >= 11 is 4.89. The van der Waals surface area contributed by atoms with Crippen molar-refractivity contribution >= 4 is 17.2 Å².